The van der Waals surface area contributed by atoms with Crippen molar-refractivity contribution in [2.75, 3.05) is 0 Å². The van der Waals surface area contributed by atoms with Crippen molar-refractivity contribution in [1.29, 1.82) is 0 Å². The summed E-state index contributed by atoms with van der Waals surface area (Å²) in [5.74, 6) is -0.485. The number of ether oxygens (including phenoxy) is 1. The Morgan fingerprint density at radius 2 is 1.96 bits per heavy atom. The minimum atomic E-state index is -4.82. The average Bonchev–Trinajstić information content (AvgIpc) is 2.89. The largest absolute Gasteiger partial charge is 0.573 e. The summed E-state index contributed by atoms with van der Waals surface area (Å²) in [5.41, 5.74) is 0. The summed E-state index contributed by atoms with van der Waals surface area (Å²) in [4.78, 5) is -0.153. The zero-order chi connectivity index (χ0) is 17.1. The Kier molecular flexibility index (Phi) is 4.95. The number of benzene rings is 1. The lowest BCUT2D eigenvalue weighted by molar-refractivity contribution is -0.274. The molecule has 126 valence electrons. The Hall–Kier alpha value is -2.07. The minimum absolute atomic E-state index is 0.153. The SMILES string of the molecule is CC(Cn1cccn1)NS(=O)(=O)c1ccc(OC(F)(F)F)cc1. The first-order valence-corrected chi connectivity index (χ1v) is 7.99. The molecule has 0 aliphatic heterocycles. The number of hydrogen-bond acceptors (Lipinski definition) is 4. The van der Waals surface area contributed by atoms with Crippen LogP contribution in [-0.2, 0) is 16.6 Å². The number of sulfonamides is 1. The van der Waals surface area contributed by atoms with E-state index in [-0.39, 0.29) is 4.90 Å². The van der Waals surface area contributed by atoms with Gasteiger partial charge in [0.15, 0.2) is 0 Å². The van der Waals surface area contributed by atoms with Crippen LogP contribution in [0.3, 0.4) is 0 Å². The summed E-state index contributed by atoms with van der Waals surface area (Å²) in [6, 6.07) is 5.24. The Balaban J connectivity index is 2.04. The molecule has 1 unspecified atom stereocenters. The molecule has 0 spiro atoms. The van der Waals surface area contributed by atoms with Crippen LogP contribution in [-0.4, -0.2) is 30.6 Å². The van der Waals surface area contributed by atoms with E-state index in [0.717, 1.165) is 24.3 Å². The highest BCUT2D eigenvalue weighted by Gasteiger charge is 2.31. The van der Waals surface area contributed by atoms with E-state index in [1.54, 1.807) is 30.1 Å². The second-order valence-electron chi connectivity index (χ2n) is 4.77. The van der Waals surface area contributed by atoms with Gasteiger partial charge >= 0.3 is 6.36 Å². The van der Waals surface area contributed by atoms with Crippen molar-refractivity contribution in [2.45, 2.75) is 30.8 Å². The lowest BCUT2D eigenvalue weighted by Crippen LogP contribution is -2.35. The fraction of sp³-hybridized carbons (Fsp3) is 0.308. The second-order valence-corrected chi connectivity index (χ2v) is 6.48. The smallest absolute Gasteiger partial charge is 0.406 e. The van der Waals surface area contributed by atoms with Crippen LogP contribution in [0.25, 0.3) is 0 Å². The predicted molar refractivity (Wildman–Crippen MR) is 75.1 cm³/mol. The first-order valence-electron chi connectivity index (χ1n) is 6.51. The molecule has 1 N–H and O–H groups in total. The van der Waals surface area contributed by atoms with Gasteiger partial charge in [-0.3, -0.25) is 4.68 Å². The molecule has 0 radical (unpaired) electrons. The first kappa shape index (κ1) is 17.3. The van der Waals surface area contributed by atoms with Crippen LogP contribution in [0.4, 0.5) is 13.2 Å². The molecule has 1 atom stereocenters. The first-order chi connectivity index (χ1) is 10.7. The van der Waals surface area contributed by atoms with Crippen molar-refractivity contribution in [1.82, 2.24) is 14.5 Å². The molecule has 0 saturated carbocycles. The monoisotopic (exact) mass is 349 g/mol. The van der Waals surface area contributed by atoms with E-state index in [2.05, 4.69) is 14.6 Å². The number of nitrogens with zero attached hydrogens (tertiary/aromatic N) is 2. The molecular formula is C13H14F3N3O3S. The van der Waals surface area contributed by atoms with Crippen molar-refractivity contribution in [3.05, 3.63) is 42.7 Å². The molecule has 2 aromatic rings. The summed E-state index contributed by atoms with van der Waals surface area (Å²) >= 11 is 0. The topological polar surface area (TPSA) is 73.2 Å². The van der Waals surface area contributed by atoms with Crippen molar-refractivity contribution in [3.8, 4) is 5.75 Å². The third-order valence-corrected chi connectivity index (χ3v) is 4.35. The number of halogens is 3. The van der Waals surface area contributed by atoms with Crippen LogP contribution >= 0.6 is 0 Å². The number of alkyl halides is 3. The Morgan fingerprint density at radius 3 is 2.48 bits per heavy atom. The van der Waals surface area contributed by atoms with E-state index < -0.39 is 28.2 Å². The van der Waals surface area contributed by atoms with E-state index in [0.29, 0.717) is 6.54 Å². The number of rotatable bonds is 6. The van der Waals surface area contributed by atoms with Gasteiger partial charge in [-0.2, -0.15) is 5.10 Å². The number of nitrogens with one attached hydrogen (secondary N) is 1. The van der Waals surface area contributed by atoms with Gasteiger partial charge in [0.05, 0.1) is 11.4 Å². The fourth-order valence-corrected chi connectivity index (χ4v) is 3.11. The third-order valence-electron chi connectivity index (χ3n) is 2.74. The molecule has 10 heteroatoms. The minimum Gasteiger partial charge on any atom is -0.406 e. The molecule has 0 fully saturated rings. The van der Waals surface area contributed by atoms with E-state index in [1.165, 1.54) is 0 Å². The maximum atomic E-state index is 12.2. The maximum absolute atomic E-state index is 12.2. The van der Waals surface area contributed by atoms with Crippen LogP contribution in [0.5, 0.6) is 5.75 Å². The predicted octanol–water partition coefficient (Wildman–Crippen LogP) is 2.15. The van der Waals surface area contributed by atoms with Crippen molar-refractivity contribution < 1.29 is 26.3 Å². The number of hydrogen-bond donors (Lipinski definition) is 1. The standard InChI is InChI=1S/C13H14F3N3O3S/c1-10(9-19-8-2-7-17-19)18-23(20,21)12-5-3-11(4-6-12)22-13(14,15)16/h2-8,10,18H,9H2,1H3. The quantitative estimate of drug-likeness (QED) is 0.867. The Bertz CT molecular complexity index is 728. The summed E-state index contributed by atoms with van der Waals surface area (Å²) in [7, 11) is -3.85. The van der Waals surface area contributed by atoms with Gasteiger partial charge < -0.3 is 4.74 Å². The number of aromatic nitrogens is 2. The van der Waals surface area contributed by atoms with Crippen LogP contribution in [0.2, 0.25) is 0 Å². The maximum Gasteiger partial charge on any atom is 0.573 e. The van der Waals surface area contributed by atoms with Gasteiger partial charge in [0.25, 0.3) is 0 Å². The molecule has 0 saturated heterocycles. The molecule has 0 aliphatic rings. The lowest BCUT2D eigenvalue weighted by Gasteiger charge is -2.15. The van der Waals surface area contributed by atoms with Crippen molar-refractivity contribution in [2.24, 2.45) is 0 Å². The van der Waals surface area contributed by atoms with Gasteiger partial charge in [0, 0.05) is 18.4 Å². The molecule has 6 nitrogen and oxygen atoms in total. The molecule has 1 heterocycles. The molecular weight excluding hydrogens is 335 g/mol. The summed E-state index contributed by atoms with van der Waals surface area (Å²) in [5, 5.41) is 3.96. The van der Waals surface area contributed by atoms with Gasteiger partial charge in [-0.15, -0.1) is 13.2 Å². The molecule has 1 aromatic carbocycles. The molecule has 0 aliphatic carbocycles. The van der Waals surface area contributed by atoms with E-state index >= 15 is 0 Å². The highest BCUT2D eigenvalue weighted by atomic mass is 32.2. The zero-order valence-electron chi connectivity index (χ0n) is 12.0. The third kappa shape index (κ3) is 5.25. The molecule has 0 bridgehead atoms. The van der Waals surface area contributed by atoms with Gasteiger partial charge in [0.2, 0.25) is 10.0 Å². The van der Waals surface area contributed by atoms with Gasteiger partial charge in [0.1, 0.15) is 5.75 Å². The average molecular weight is 349 g/mol. The van der Waals surface area contributed by atoms with Crippen LogP contribution in [0.1, 0.15) is 6.92 Å². The van der Waals surface area contributed by atoms with E-state index in [4.69, 9.17) is 0 Å². The second kappa shape index (κ2) is 6.59. The molecule has 0 amide bonds. The Morgan fingerprint density at radius 1 is 1.30 bits per heavy atom. The van der Waals surface area contributed by atoms with Crippen LogP contribution in [0.15, 0.2) is 47.6 Å². The highest BCUT2D eigenvalue weighted by molar-refractivity contribution is 7.89. The zero-order valence-corrected chi connectivity index (χ0v) is 12.8. The molecule has 23 heavy (non-hydrogen) atoms. The summed E-state index contributed by atoms with van der Waals surface area (Å²) in [6.07, 6.45) is -1.56. The molecule has 1 aromatic heterocycles. The lowest BCUT2D eigenvalue weighted by atomic mass is 10.3. The van der Waals surface area contributed by atoms with Gasteiger partial charge in [-0.1, -0.05) is 0 Å². The van der Waals surface area contributed by atoms with Gasteiger partial charge in [-0.05, 0) is 37.3 Å². The normalized spacial score (nSPS) is 13.7. The molecule has 2 rings (SSSR count). The van der Waals surface area contributed by atoms with Crippen LogP contribution in [0, 0.1) is 0 Å². The van der Waals surface area contributed by atoms with Gasteiger partial charge in [-0.25, -0.2) is 13.1 Å². The van der Waals surface area contributed by atoms with Crippen molar-refractivity contribution >= 4 is 10.0 Å². The van der Waals surface area contributed by atoms with Crippen molar-refractivity contribution in [3.63, 3.8) is 0 Å². The summed E-state index contributed by atoms with van der Waals surface area (Å²) < 4.78 is 68.2. The van der Waals surface area contributed by atoms with E-state index in [9.17, 15) is 21.6 Å². The Labute approximate surface area is 130 Å². The highest BCUT2D eigenvalue weighted by Crippen LogP contribution is 2.23. The van der Waals surface area contributed by atoms with Crippen LogP contribution < -0.4 is 9.46 Å². The van der Waals surface area contributed by atoms with E-state index in [1.807, 2.05) is 0 Å². The fourth-order valence-electron chi connectivity index (χ4n) is 1.88. The summed E-state index contributed by atoms with van der Waals surface area (Å²) in [6.45, 7) is 1.97.